The molecule has 1 amide bonds. The Kier molecular flexibility index (Phi) is 6.87. The van der Waals surface area contributed by atoms with E-state index in [2.05, 4.69) is 5.32 Å². The van der Waals surface area contributed by atoms with Crippen molar-refractivity contribution < 1.29 is 9.53 Å². The Morgan fingerprint density at radius 3 is 2.24 bits per heavy atom. The van der Waals surface area contributed by atoms with Gasteiger partial charge in [0.25, 0.3) is 0 Å². The number of alkyl carbamates (subject to hydrolysis) is 1. The number of carbonyl (C=O) groups excluding carboxylic acids is 1. The van der Waals surface area contributed by atoms with Crippen molar-refractivity contribution in [1.29, 1.82) is 0 Å². The van der Waals surface area contributed by atoms with Gasteiger partial charge in [0, 0.05) is 6.04 Å². The summed E-state index contributed by atoms with van der Waals surface area (Å²) in [6, 6.07) is 0.262. The molecule has 0 aromatic heterocycles. The molecule has 1 aliphatic rings. The molecule has 1 fully saturated rings. The Bertz CT molecular complexity index is 233. The maximum Gasteiger partial charge on any atom is 0.407 e. The van der Waals surface area contributed by atoms with E-state index in [0.717, 1.165) is 32.2 Å². The van der Waals surface area contributed by atoms with Gasteiger partial charge < -0.3 is 15.8 Å². The van der Waals surface area contributed by atoms with Crippen LogP contribution in [0, 0.1) is 5.92 Å². The highest BCUT2D eigenvalue weighted by molar-refractivity contribution is 5.85. The molecule has 102 valence electrons. The highest BCUT2D eigenvalue weighted by atomic mass is 35.5. The van der Waals surface area contributed by atoms with E-state index in [1.54, 1.807) is 0 Å². The molecule has 0 aliphatic heterocycles. The van der Waals surface area contributed by atoms with Crippen LogP contribution < -0.4 is 11.1 Å². The Morgan fingerprint density at radius 2 is 1.82 bits per heavy atom. The van der Waals surface area contributed by atoms with Gasteiger partial charge in [-0.25, -0.2) is 4.79 Å². The molecule has 4 nitrogen and oxygen atoms in total. The molecular weight excluding hydrogens is 240 g/mol. The van der Waals surface area contributed by atoms with Gasteiger partial charge in [-0.3, -0.25) is 0 Å². The lowest BCUT2D eigenvalue weighted by atomic mass is 9.86. The average Bonchev–Trinajstić information content (AvgIpc) is 2.16. The van der Waals surface area contributed by atoms with E-state index in [-0.39, 0.29) is 24.5 Å². The van der Waals surface area contributed by atoms with Crippen LogP contribution >= 0.6 is 12.4 Å². The predicted molar refractivity (Wildman–Crippen MR) is 71.4 cm³/mol. The predicted octanol–water partition coefficient (Wildman–Crippen LogP) is 2.45. The van der Waals surface area contributed by atoms with Gasteiger partial charge in [0.05, 0.1) is 0 Å². The molecule has 0 atom stereocenters. The van der Waals surface area contributed by atoms with Gasteiger partial charge in [0.15, 0.2) is 0 Å². The Hall–Kier alpha value is -0.480. The number of halogens is 1. The first-order valence-corrected chi connectivity index (χ1v) is 6.10. The fraction of sp³-hybridized carbons (Fsp3) is 0.917. The van der Waals surface area contributed by atoms with E-state index in [4.69, 9.17) is 10.5 Å². The summed E-state index contributed by atoms with van der Waals surface area (Å²) < 4.78 is 5.22. The molecule has 0 aromatic carbocycles. The number of hydrogen-bond acceptors (Lipinski definition) is 3. The summed E-state index contributed by atoms with van der Waals surface area (Å²) in [6.07, 6.45) is 3.94. The first kappa shape index (κ1) is 16.5. The lowest BCUT2D eigenvalue weighted by molar-refractivity contribution is 0.0488. The largest absolute Gasteiger partial charge is 0.444 e. The summed E-state index contributed by atoms with van der Waals surface area (Å²) >= 11 is 0. The summed E-state index contributed by atoms with van der Waals surface area (Å²) in [6.45, 7) is 6.38. The third kappa shape index (κ3) is 6.74. The highest BCUT2D eigenvalue weighted by Crippen LogP contribution is 2.23. The van der Waals surface area contributed by atoms with Crippen molar-refractivity contribution in [1.82, 2.24) is 5.32 Å². The minimum atomic E-state index is -0.418. The van der Waals surface area contributed by atoms with Crippen LogP contribution in [0.25, 0.3) is 0 Å². The second-order valence-corrected chi connectivity index (χ2v) is 5.60. The van der Waals surface area contributed by atoms with Crippen molar-refractivity contribution in [2.24, 2.45) is 11.7 Å². The number of rotatable bonds is 2. The molecule has 0 unspecified atom stereocenters. The van der Waals surface area contributed by atoms with Gasteiger partial charge in [-0.05, 0) is 58.9 Å². The van der Waals surface area contributed by atoms with Gasteiger partial charge in [-0.2, -0.15) is 0 Å². The van der Waals surface area contributed by atoms with Crippen molar-refractivity contribution in [3.05, 3.63) is 0 Å². The molecule has 0 saturated heterocycles. The molecule has 0 radical (unpaired) electrons. The zero-order valence-corrected chi connectivity index (χ0v) is 11.8. The molecule has 1 rings (SSSR count). The minimum Gasteiger partial charge on any atom is -0.444 e. The van der Waals surface area contributed by atoms with E-state index in [0.29, 0.717) is 5.92 Å². The minimum absolute atomic E-state index is 0. The molecule has 3 N–H and O–H groups in total. The Balaban J connectivity index is 0.00000256. The van der Waals surface area contributed by atoms with E-state index in [9.17, 15) is 4.79 Å². The van der Waals surface area contributed by atoms with Crippen LogP contribution in [0.5, 0.6) is 0 Å². The number of hydrogen-bond donors (Lipinski definition) is 2. The van der Waals surface area contributed by atoms with Crippen molar-refractivity contribution in [2.75, 3.05) is 6.54 Å². The van der Waals surface area contributed by atoms with Crippen molar-refractivity contribution in [3.8, 4) is 0 Å². The highest BCUT2D eigenvalue weighted by Gasteiger charge is 2.23. The third-order valence-electron chi connectivity index (χ3n) is 2.90. The average molecular weight is 265 g/mol. The summed E-state index contributed by atoms with van der Waals surface area (Å²) in [5.41, 5.74) is 5.20. The van der Waals surface area contributed by atoms with Crippen LogP contribution in [0.2, 0.25) is 0 Å². The Labute approximate surface area is 110 Å². The second kappa shape index (κ2) is 7.07. The number of nitrogens with two attached hydrogens (primary N) is 1. The number of carbonyl (C=O) groups is 1. The maximum atomic E-state index is 11.5. The van der Waals surface area contributed by atoms with Crippen LogP contribution in [-0.2, 0) is 4.74 Å². The molecule has 0 spiro atoms. The lowest BCUT2D eigenvalue weighted by Crippen LogP contribution is -2.41. The number of amides is 1. The van der Waals surface area contributed by atoms with E-state index in [1.807, 2.05) is 20.8 Å². The number of nitrogens with one attached hydrogen (secondary N) is 1. The molecular formula is C12H25ClN2O2. The first-order valence-electron chi connectivity index (χ1n) is 6.10. The molecule has 17 heavy (non-hydrogen) atoms. The van der Waals surface area contributed by atoms with Crippen molar-refractivity contribution in [3.63, 3.8) is 0 Å². The monoisotopic (exact) mass is 264 g/mol. The van der Waals surface area contributed by atoms with Crippen LogP contribution in [0.15, 0.2) is 0 Å². The zero-order chi connectivity index (χ0) is 12.2. The van der Waals surface area contributed by atoms with E-state index >= 15 is 0 Å². The van der Waals surface area contributed by atoms with Crippen molar-refractivity contribution >= 4 is 18.5 Å². The summed E-state index contributed by atoms with van der Waals surface area (Å²) in [4.78, 5) is 11.5. The zero-order valence-electron chi connectivity index (χ0n) is 11.0. The third-order valence-corrected chi connectivity index (χ3v) is 2.90. The maximum absolute atomic E-state index is 11.5. The van der Waals surface area contributed by atoms with Gasteiger partial charge in [0.1, 0.15) is 5.60 Å². The molecule has 5 heteroatoms. The number of ether oxygens (including phenoxy) is 1. The molecule has 1 aliphatic carbocycles. The lowest BCUT2D eigenvalue weighted by Gasteiger charge is -2.29. The Morgan fingerprint density at radius 1 is 1.29 bits per heavy atom. The fourth-order valence-corrected chi connectivity index (χ4v) is 2.02. The smallest absolute Gasteiger partial charge is 0.407 e. The van der Waals surface area contributed by atoms with Gasteiger partial charge in [0.2, 0.25) is 0 Å². The van der Waals surface area contributed by atoms with Gasteiger partial charge in [-0.15, -0.1) is 12.4 Å². The molecule has 0 heterocycles. The standard InChI is InChI=1S/C12H24N2O2.ClH/c1-12(2,3)16-11(15)14-10-6-4-9(8-13)5-7-10;/h9-10H,4-8,13H2,1-3H3,(H,14,15);1H/t9-,10-;. The van der Waals surface area contributed by atoms with Gasteiger partial charge in [-0.1, -0.05) is 0 Å². The normalized spacial score (nSPS) is 24.7. The van der Waals surface area contributed by atoms with Crippen LogP contribution in [0.4, 0.5) is 4.79 Å². The topological polar surface area (TPSA) is 64.3 Å². The van der Waals surface area contributed by atoms with E-state index < -0.39 is 5.60 Å². The van der Waals surface area contributed by atoms with Gasteiger partial charge >= 0.3 is 6.09 Å². The van der Waals surface area contributed by atoms with Crippen LogP contribution in [0.3, 0.4) is 0 Å². The molecule has 0 bridgehead atoms. The second-order valence-electron chi connectivity index (χ2n) is 5.60. The van der Waals surface area contributed by atoms with Crippen LogP contribution in [0.1, 0.15) is 46.5 Å². The quantitative estimate of drug-likeness (QED) is 0.805. The summed E-state index contributed by atoms with van der Waals surface area (Å²) in [5.74, 6) is 0.636. The van der Waals surface area contributed by atoms with E-state index in [1.165, 1.54) is 0 Å². The SMILES string of the molecule is CC(C)(C)OC(=O)N[C@H]1CC[C@H](CN)CC1.Cl. The summed E-state index contributed by atoms with van der Waals surface area (Å²) in [7, 11) is 0. The molecule has 1 saturated carbocycles. The fourth-order valence-electron chi connectivity index (χ4n) is 2.02. The summed E-state index contributed by atoms with van der Waals surface area (Å²) in [5, 5.41) is 2.92. The first-order chi connectivity index (χ1) is 7.40. The van der Waals surface area contributed by atoms with Crippen molar-refractivity contribution in [2.45, 2.75) is 58.1 Å². The van der Waals surface area contributed by atoms with Crippen LogP contribution in [-0.4, -0.2) is 24.3 Å². The molecule has 0 aromatic rings.